The number of rotatable bonds is 5. The van der Waals surface area contributed by atoms with Gasteiger partial charge in [0.05, 0.1) is 0 Å². The van der Waals surface area contributed by atoms with Crippen LogP contribution in [-0.2, 0) is 16.6 Å². The Labute approximate surface area is 165 Å². The van der Waals surface area contributed by atoms with Gasteiger partial charge in [0, 0.05) is 61.9 Å². The number of nitrogens with zero attached hydrogens (tertiary/aromatic N) is 5. The monoisotopic (exact) mass is 397 g/mol. The molecule has 1 aliphatic rings. The highest BCUT2D eigenvalue weighted by Gasteiger charge is 2.31. The Morgan fingerprint density at radius 1 is 1.11 bits per heavy atom. The molecule has 0 bridgehead atoms. The summed E-state index contributed by atoms with van der Waals surface area (Å²) in [6, 6.07) is 7.15. The zero-order chi connectivity index (χ0) is 19.6. The van der Waals surface area contributed by atoms with Gasteiger partial charge in [0.1, 0.15) is 10.7 Å². The third-order valence-corrected chi connectivity index (χ3v) is 7.02. The predicted octanol–water partition coefficient (Wildman–Crippen LogP) is 2.75. The molecule has 4 heterocycles. The van der Waals surface area contributed by atoms with Crippen molar-refractivity contribution in [2.45, 2.75) is 31.2 Å². The van der Waals surface area contributed by atoms with Crippen LogP contribution in [0.25, 0.3) is 11.4 Å². The van der Waals surface area contributed by atoms with Crippen LogP contribution in [0.2, 0.25) is 0 Å². The van der Waals surface area contributed by atoms with E-state index in [0.29, 0.717) is 13.1 Å². The molecule has 7 nitrogen and oxygen atoms in total. The first kappa shape index (κ1) is 18.8. The maximum atomic E-state index is 12.9. The van der Waals surface area contributed by atoms with Crippen molar-refractivity contribution in [3.63, 3.8) is 0 Å². The van der Waals surface area contributed by atoms with Crippen molar-refractivity contribution in [3.05, 3.63) is 60.9 Å². The second-order valence-corrected chi connectivity index (χ2v) is 9.07. The van der Waals surface area contributed by atoms with Gasteiger partial charge in [-0.15, -0.1) is 0 Å². The Bertz CT molecular complexity index is 1030. The number of sulfonamides is 1. The van der Waals surface area contributed by atoms with E-state index in [-0.39, 0.29) is 10.8 Å². The van der Waals surface area contributed by atoms with Crippen LogP contribution in [0.3, 0.4) is 0 Å². The van der Waals surface area contributed by atoms with Gasteiger partial charge < -0.3 is 4.57 Å². The number of pyridine rings is 2. The molecule has 0 spiro atoms. The summed E-state index contributed by atoms with van der Waals surface area (Å²) in [5.41, 5.74) is 2.03. The molecule has 8 heteroatoms. The van der Waals surface area contributed by atoms with Gasteiger partial charge in [-0.1, -0.05) is 0 Å². The fraction of sp³-hybridized carbons (Fsp3) is 0.350. The highest BCUT2D eigenvalue weighted by molar-refractivity contribution is 7.89. The van der Waals surface area contributed by atoms with Crippen LogP contribution in [0.4, 0.5) is 0 Å². The number of aryl methyl sites for hydroxylation is 1. The molecule has 0 N–H and O–H groups in total. The summed E-state index contributed by atoms with van der Waals surface area (Å²) >= 11 is 0. The minimum absolute atomic E-state index is 0.225. The maximum absolute atomic E-state index is 12.9. The molecular formula is C20H23N5O2S. The third kappa shape index (κ3) is 3.70. The van der Waals surface area contributed by atoms with Gasteiger partial charge in [-0.25, -0.2) is 13.4 Å². The summed E-state index contributed by atoms with van der Waals surface area (Å²) in [6.07, 6.45) is 10.2. The number of hydrogen-bond donors (Lipinski definition) is 0. The molecule has 1 atom stereocenters. The van der Waals surface area contributed by atoms with Crippen molar-refractivity contribution < 1.29 is 8.42 Å². The number of hydrogen-bond acceptors (Lipinski definition) is 5. The van der Waals surface area contributed by atoms with Gasteiger partial charge in [0.15, 0.2) is 0 Å². The molecular weight excluding hydrogens is 374 g/mol. The first-order valence-electron chi connectivity index (χ1n) is 9.38. The lowest BCUT2D eigenvalue weighted by Crippen LogP contribution is -2.41. The standard InChI is InChI=1S/C20H23N5O2S/c1-16-11-23-20(18-6-2-8-21-12-18)25(16)15-17-5-4-10-24(14-17)28(26,27)19-7-3-9-22-13-19/h2-3,6-9,11-13,17H,4-5,10,14-15H2,1H3. The molecule has 0 aliphatic carbocycles. The SMILES string of the molecule is Cc1cnc(-c2cccnc2)n1CC1CCCN(S(=O)(=O)c2cccnc2)C1. The van der Waals surface area contributed by atoms with Crippen LogP contribution < -0.4 is 0 Å². The Morgan fingerprint density at radius 2 is 1.89 bits per heavy atom. The Morgan fingerprint density at radius 3 is 2.61 bits per heavy atom. The van der Waals surface area contributed by atoms with E-state index in [4.69, 9.17) is 0 Å². The molecule has 1 aliphatic heterocycles. The van der Waals surface area contributed by atoms with Gasteiger partial charge in [0.25, 0.3) is 0 Å². The molecule has 0 amide bonds. The lowest BCUT2D eigenvalue weighted by atomic mass is 9.99. The topological polar surface area (TPSA) is 81.0 Å². The first-order chi connectivity index (χ1) is 13.6. The molecule has 3 aromatic heterocycles. The van der Waals surface area contributed by atoms with E-state index in [1.165, 1.54) is 6.20 Å². The minimum atomic E-state index is -3.51. The summed E-state index contributed by atoms with van der Waals surface area (Å²) in [5.74, 6) is 1.10. The normalized spacial score (nSPS) is 18.2. The second kappa shape index (κ2) is 7.81. The van der Waals surface area contributed by atoms with Crippen molar-refractivity contribution >= 4 is 10.0 Å². The lowest BCUT2D eigenvalue weighted by molar-refractivity contribution is 0.245. The van der Waals surface area contributed by atoms with Crippen LogP contribution in [0.1, 0.15) is 18.5 Å². The fourth-order valence-corrected chi connectivity index (χ4v) is 5.24. The average molecular weight is 398 g/mol. The summed E-state index contributed by atoms with van der Waals surface area (Å²) in [6.45, 7) is 3.81. The second-order valence-electron chi connectivity index (χ2n) is 7.14. The van der Waals surface area contributed by atoms with Gasteiger partial charge in [-0.3, -0.25) is 9.97 Å². The minimum Gasteiger partial charge on any atom is -0.328 e. The Hall–Kier alpha value is -2.58. The first-order valence-corrected chi connectivity index (χ1v) is 10.8. The summed E-state index contributed by atoms with van der Waals surface area (Å²) in [7, 11) is -3.51. The number of aromatic nitrogens is 4. The van der Waals surface area contributed by atoms with E-state index in [2.05, 4.69) is 19.5 Å². The molecule has 1 saturated heterocycles. The largest absolute Gasteiger partial charge is 0.328 e. The lowest BCUT2D eigenvalue weighted by Gasteiger charge is -2.32. The van der Waals surface area contributed by atoms with Crippen molar-refractivity contribution in [3.8, 4) is 11.4 Å². The Kier molecular flexibility index (Phi) is 5.23. The molecule has 1 fully saturated rings. The fourth-order valence-electron chi connectivity index (χ4n) is 3.72. The highest BCUT2D eigenvalue weighted by Crippen LogP contribution is 2.27. The Balaban J connectivity index is 1.55. The molecule has 0 radical (unpaired) electrons. The van der Waals surface area contributed by atoms with E-state index in [1.807, 2.05) is 25.3 Å². The van der Waals surface area contributed by atoms with Crippen molar-refractivity contribution in [2.24, 2.45) is 5.92 Å². The number of piperidine rings is 1. The van der Waals surface area contributed by atoms with Crippen LogP contribution in [0, 0.1) is 12.8 Å². The van der Waals surface area contributed by atoms with Crippen molar-refractivity contribution in [1.29, 1.82) is 0 Å². The van der Waals surface area contributed by atoms with Gasteiger partial charge in [-0.05, 0) is 49.9 Å². The zero-order valence-corrected chi connectivity index (χ0v) is 16.6. The van der Waals surface area contributed by atoms with Gasteiger partial charge >= 0.3 is 0 Å². The zero-order valence-electron chi connectivity index (χ0n) is 15.8. The van der Waals surface area contributed by atoms with E-state index in [0.717, 1.165) is 36.5 Å². The highest BCUT2D eigenvalue weighted by atomic mass is 32.2. The molecule has 0 saturated carbocycles. The summed E-state index contributed by atoms with van der Waals surface area (Å²) in [5, 5.41) is 0. The van der Waals surface area contributed by atoms with Crippen LogP contribution in [0.5, 0.6) is 0 Å². The van der Waals surface area contributed by atoms with Crippen LogP contribution >= 0.6 is 0 Å². The third-order valence-electron chi connectivity index (χ3n) is 5.17. The van der Waals surface area contributed by atoms with Crippen molar-refractivity contribution in [2.75, 3.05) is 13.1 Å². The van der Waals surface area contributed by atoms with Crippen molar-refractivity contribution in [1.82, 2.24) is 23.8 Å². The van der Waals surface area contributed by atoms with E-state index in [9.17, 15) is 8.42 Å². The van der Waals surface area contributed by atoms with E-state index < -0.39 is 10.0 Å². The van der Waals surface area contributed by atoms with E-state index in [1.54, 1.807) is 35.0 Å². The van der Waals surface area contributed by atoms with E-state index >= 15 is 0 Å². The molecule has 1 unspecified atom stereocenters. The maximum Gasteiger partial charge on any atom is 0.244 e. The molecule has 3 aromatic rings. The van der Waals surface area contributed by atoms with Gasteiger partial charge in [-0.2, -0.15) is 4.31 Å². The number of imidazole rings is 1. The molecule has 146 valence electrons. The molecule has 4 rings (SSSR count). The smallest absolute Gasteiger partial charge is 0.244 e. The van der Waals surface area contributed by atoms with Crippen LogP contribution in [0.15, 0.2) is 60.1 Å². The predicted molar refractivity (Wildman–Crippen MR) is 106 cm³/mol. The molecule has 0 aromatic carbocycles. The quantitative estimate of drug-likeness (QED) is 0.661. The molecule has 28 heavy (non-hydrogen) atoms. The summed E-state index contributed by atoms with van der Waals surface area (Å²) < 4.78 is 29.7. The van der Waals surface area contributed by atoms with Crippen LogP contribution in [-0.4, -0.2) is 45.3 Å². The summed E-state index contributed by atoms with van der Waals surface area (Å²) in [4.78, 5) is 13.0. The van der Waals surface area contributed by atoms with Gasteiger partial charge in [0.2, 0.25) is 10.0 Å². The average Bonchev–Trinajstić information content (AvgIpc) is 3.10.